The van der Waals surface area contributed by atoms with Crippen LogP contribution in [0.15, 0.2) is 172 Å². The van der Waals surface area contributed by atoms with Crippen LogP contribution in [0.2, 0.25) is 0 Å². The molecule has 0 saturated heterocycles. The van der Waals surface area contributed by atoms with Crippen molar-refractivity contribution in [3.05, 3.63) is 180 Å². The number of aromatic nitrogens is 1. The van der Waals surface area contributed by atoms with Gasteiger partial charge in [-0.2, -0.15) is 0 Å². The summed E-state index contributed by atoms with van der Waals surface area (Å²) < 4.78 is 11.7. The molecule has 3 heterocycles. The number of furan rings is 1. The van der Waals surface area contributed by atoms with Crippen LogP contribution in [0.1, 0.15) is 41.6 Å². The molecule has 9 aromatic rings. The second-order valence-corrected chi connectivity index (χ2v) is 15.9. The molecule has 0 fully saturated rings. The number of thiophene rings is 1. The van der Waals surface area contributed by atoms with E-state index in [9.17, 15) is 0 Å². The number of rotatable bonds is 6. The third kappa shape index (κ3) is 5.59. The average molecular weight is 755 g/mol. The normalized spacial score (nSPS) is 14.7. The smallest absolute Gasteiger partial charge is 0.157 e. The van der Waals surface area contributed by atoms with Crippen LogP contribution in [0.25, 0.3) is 75.9 Å². The number of aryl methyl sites for hydroxylation is 1. The lowest BCUT2D eigenvalue weighted by molar-refractivity contribution is 0.669. The average Bonchev–Trinajstić information content (AvgIpc) is 3.95. The predicted molar refractivity (Wildman–Crippen MR) is 241 cm³/mol. The molecule has 0 radical (unpaired) electrons. The Balaban J connectivity index is 1.23. The van der Waals surface area contributed by atoms with Gasteiger partial charge in [0.2, 0.25) is 0 Å². The number of benzene rings is 6. The first-order valence-corrected chi connectivity index (χ1v) is 20.5. The van der Waals surface area contributed by atoms with Crippen LogP contribution < -0.4 is 5.73 Å². The molecule has 11 rings (SSSR count). The quantitative estimate of drug-likeness (QED) is 0.136. The lowest BCUT2D eigenvalue weighted by Crippen LogP contribution is -2.20. The predicted octanol–water partition coefficient (Wildman–Crippen LogP) is 13.0. The monoisotopic (exact) mass is 754 g/mol. The van der Waals surface area contributed by atoms with E-state index >= 15 is 0 Å². The molecular weight excluding hydrogens is 717 g/mol. The van der Waals surface area contributed by atoms with Crippen LogP contribution in [0.5, 0.6) is 0 Å². The summed E-state index contributed by atoms with van der Waals surface area (Å²) in [6.45, 7) is 0.521. The van der Waals surface area contributed by atoms with E-state index in [2.05, 4.69) is 144 Å². The minimum Gasteiger partial charge on any atom is -0.456 e. The van der Waals surface area contributed by atoms with Gasteiger partial charge in [0.25, 0.3) is 0 Å². The summed E-state index contributed by atoms with van der Waals surface area (Å²) >= 11 is 1.84. The number of fused-ring (bicyclic) bond motifs is 9. The molecule has 6 heteroatoms. The van der Waals surface area contributed by atoms with Crippen LogP contribution in [-0.2, 0) is 6.42 Å². The molecule has 0 unspecified atom stereocenters. The Morgan fingerprint density at radius 3 is 2.35 bits per heavy atom. The summed E-state index contributed by atoms with van der Waals surface area (Å²) in [7, 11) is 0. The number of nitrogens with two attached hydrogens (primary N) is 1. The second-order valence-electron chi connectivity index (χ2n) is 14.8. The highest BCUT2D eigenvalue weighted by atomic mass is 32.1. The number of aliphatic imine (C=N–C) groups is 2. The molecule has 0 atom stereocenters. The van der Waals surface area contributed by atoms with E-state index < -0.39 is 0 Å². The van der Waals surface area contributed by atoms with Gasteiger partial charge in [-0.05, 0) is 78.8 Å². The van der Waals surface area contributed by atoms with Crippen molar-refractivity contribution in [1.29, 1.82) is 0 Å². The fraction of sp³-hybridized carbons (Fsp3) is 0.0980. The van der Waals surface area contributed by atoms with Gasteiger partial charge in [-0.1, -0.05) is 121 Å². The SMILES string of the molecule is NC(=NC(=NCC1=CCCC=C1)c1ccccc1)c1c(-n2c3c(c4ccccc42)CCC=C3)ccc2oc3cccc(-c4cccc5c4sc4ccccc45)c3c12. The Kier molecular flexibility index (Phi) is 8.11. The van der Waals surface area contributed by atoms with Crippen molar-refractivity contribution >= 4 is 82.1 Å². The first kappa shape index (κ1) is 33.6. The third-order valence-electron chi connectivity index (χ3n) is 11.4. The van der Waals surface area contributed by atoms with Gasteiger partial charge in [-0.25, -0.2) is 4.99 Å². The number of para-hydroxylation sites is 1. The Labute approximate surface area is 334 Å². The molecule has 6 aromatic carbocycles. The molecule has 2 aliphatic rings. The number of hydrogen-bond acceptors (Lipinski definition) is 3. The summed E-state index contributed by atoms with van der Waals surface area (Å²) in [5.41, 5.74) is 18.9. The molecule has 0 saturated carbocycles. The van der Waals surface area contributed by atoms with Crippen LogP contribution >= 0.6 is 11.3 Å². The van der Waals surface area contributed by atoms with Gasteiger partial charge >= 0.3 is 0 Å². The molecule has 3 aromatic heterocycles. The number of allylic oxidation sites excluding steroid dienone is 3. The molecule has 5 nitrogen and oxygen atoms in total. The topological polar surface area (TPSA) is 68.8 Å². The standard InChI is InChI=1S/C51H38N4OS/c52-50(54-51(33-17-5-2-6-18-33)53-31-32-15-3-1-4-16-32)47-42(55-40-25-10-7-19-34(40)35-20-8-11-26-41(35)55)29-30-44-48(47)46-37(22-14-27-43(46)56-44)39-24-13-23-38-36-21-9-12-28-45(36)57-49(38)39/h2-3,5-7,9-19,21-30H,1,4,8,20,31H2,(H2,52,53,54). The highest BCUT2D eigenvalue weighted by Crippen LogP contribution is 2.46. The second kappa shape index (κ2) is 13.8. The van der Waals surface area contributed by atoms with Crippen molar-refractivity contribution in [2.45, 2.75) is 25.7 Å². The Bertz CT molecular complexity index is 3220. The Morgan fingerprint density at radius 2 is 1.46 bits per heavy atom. The molecule has 0 spiro atoms. The minimum absolute atomic E-state index is 0.385. The van der Waals surface area contributed by atoms with Gasteiger partial charge in [-0.15, -0.1) is 11.3 Å². The van der Waals surface area contributed by atoms with Crippen molar-refractivity contribution in [1.82, 2.24) is 4.57 Å². The zero-order chi connectivity index (χ0) is 37.9. The van der Waals surface area contributed by atoms with E-state index in [1.165, 1.54) is 48.0 Å². The van der Waals surface area contributed by atoms with Crippen molar-refractivity contribution in [2.24, 2.45) is 15.7 Å². The molecule has 2 aliphatic carbocycles. The first-order chi connectivity index (χ1) is 28.2. The summed E-state index contributed by atoms with van der Waals surface area (Å²) in [6, 6.07) is 44.8. The van der Waals surface area contributed by atoms with Gasteiger partial charge in [-0.3, -0.25) is 4.99 Å². The van der Waals surface area contributed by atoms with E-state index in [1.807, 2.05) is 29.5 Å². The van der Waals surface area contributed by atoms with E-state index in [4.69, 9.17) is 20.1 Å². The summed E-state index contributed by atoms with van der Waals surface area (Å²) in [6.07, 6.45) is 15.3. The maximum Gasteiger partial charge on any atom is 0.157 e. The van der Waals surface area contributed by atoms with Crippen molar-refractivity contribution in [3.8, 4) is 16.8 Å². The van der Waals surface area contributed by atoms with Crippen LogP contribution in [0.4, 0.5) is 0 Å². The van der Waals surface area contributed by atoms with Crippen molar-refractivity contribution < 1.29 is 4.42 Å². The molecule has 274 valence electrons. The van der Waals surface area contributed by atoms with E-state index in [1.54, 1.807) is 0 Å². The van der Waals surface area contributed by atoms with Crippen molar-refractivity contribution in [3.63, 3.8) is 0 Å². The minimum atomic E-state index is 0.385. The summed E-state index contributed by atoms with van der Waals surface area (Å²) in [5.74, 6) is 0.980. The number of amidine groups is 2. The maximum atomic E-state index is 7.49. The van der Waals surface area contributed by atoms with Gasteiger partial charge in [0.15, 0.2) is 5.84 Å². The zero-order valence-corrected chi connectivity index (χ0v) is 32.1. The molecule has 2 N–H and O–H groups in total. The Morgan fingerprint density at radius 1 is 0.684 bits per heavy atom. The van der Waals surface area contributed by atoms with Crippen LogP contribution in [0.3, 0.4) is 0 Å². The maximum absolute atomic E-state index is 7.49. The Hall–Kier alpha value is -6.76. The van der Waals surface area contributed by atoms with Crippen LogP contribution in [0, 0.1) is 0 Å². The van der Waals surface area contributed by atoms with E-state index in [-0.39, 0.29) is 0 Å². The first-order valence-electron chi connectivity index (χ1n) is 19.7. The molecular formula is C51H38N4OS. The van der Waals surface area contributed by atoms with Gasteiger partial charge < -0.3 is 14.7 Å². The van der Waals surface area contributed by atoms with Gasteiger partial charge in [0.05, 0.1) is 23.3 Å². The lowest BCUT2D eigenvalue weighted by atomic mass is 9.95. The number of nitrogens with zero attached hydrogens (tertiary/aromatic N) is 3. The zero-order valence-electron chi connectivity index (χ0n) is 31.3. The molecule has 57 heavy (non-hydrogen) atoms. The largest absolute Gasteiger partial charge is 0.456 e. The van der Waals surface area contributed by atoms with E-state index in [0.29, 0.717) is 18.2 Å². The van der Waals surface area contributed by atoms with E-state index in [0.717, 1.165) is 75.5 Å². The fourth-order valence-electron chi connectivity index (χ4n) is 8.87. The molecule has 0 amide bonds. The molecule has 0 bridgehead atoms. The summed E-state index contributed by atoms with van der Waals surface area (Å²) in [4.78, 5) is 10.4. The highest BCUT2D eigenvalue weighted by Gasteiger charge is 2.26. The van der Waals surface area contributed by atoms with Crippen molar-refractivity contribution in [2.75, 3.05) is 6.54 Å². The lowest BCUT2D eigenvalue weighted by Gasteiger charge is -2.17. The van der Waals surface area contributed by atoms with Gasteiger partial charge in [0, 0.05) is 53.2 Å². The van der Waals surface area contributed by atoms with Gasteiger partial charge in [0.1, 0.15) is 17.0 Å². The molecule has 0 aliphatic heterocycles. The third-order valence-corrected chi connectivity index (χ3v) is 12.7. The number of hydrogen-bond donors (Lipinski definition) is 1. The van der Waals surface area contributed by atoms with Crippen LogP contribution in [-0.4, -0.2) is 22.8 Å². The summed E-state index contributed by atoms with van der Waals surface area (Å²) in [5, 5.41) is 5.74. The highest BCUT2D eigenvalue weighted by molar-refractivity contribution is 7.26. The fourth-order valence-corrected chi connectivity index (χ4v) is 10.1.